The molecule has 0 radical (unpaired) electrons. The highest BCUT2D eigenvalue weighted by molar-refractivity contribution is 6.87. The first kappa shape index (κ1) is 23.4. The lowest BCUT2D eigenvalue weighted by Gasteiger charge is -2.40. The molecule has 0 aromatic carbocycles. The fourth-order valence-electron chi connectivity index (χ4n) is 2.85. The van der Waals surface area contributed by atoms with E-state index in [1.807, 2.05) is 0 Å². The minimum absolute atomic E-state index is 0.109. The monoisotopic (exact) mass is 386 g/mol. The Balaban J connectivity index is 5.20. The van der Waals surface area contributed by atoms with Crippen LogP contribution in [0.25, 0.3) is 0 Å². The predicted octanol–water partition coefficient (Wildman–Crippen LogP) is 2.28. The molecule has 140 valence electrons. The van der Waals surface area contributed by atoms with Crippen LogP contribution in [-0.2, 0) is 31.0 Å². The molecule has 1 atom stereocenters. The maximum absolute atomic E-state index is 5.82. The van der Waals surface area contributed by atoms with E-state index >= 15 is 0 Å². The largest absolute Gasteiger partial charge is 0.502 e. The summed E-state index contributed by atoms with van der Waals surface area (Å²) in [6.07, 6.45) is 1.71. The van der Waals surface area contributed by atoms with Gasteiger partial charge in [-0.15, -0.1) is 0 Å². The molecule has 23 heavy (non-hydrogen) atoms. The van der Waals surface area contributed by atoms with Crippen molar-refractivity contribution < 1.29 is 31.0 Å². The second kappa shape index (κ2) is 10.4. The SMILES string of the molecule is CO[Si](CCCC([Si](C)(C)OC)[Si](OC)(OC)OC)(OC)OC. The zero-order valence-electron chi connectivity index (χ0n) is 16.1. The normalized spacial score (nSPS) is 15.0. The van der Waals surface area contributed by atoms with Crippen molar-refractivity contribution in [2.45, 2.75) is 37.1 Å². The molecule has 0 saturated carbocycles. The van der Waals surface area contributed by atoms with E-state index in [9.17, 15) is 0 Å². The third-order valence-corrected chi connectivity index (χ3v) is 16.4. The fraction of sp³-hybridized carbons (Fsp3) is 1.00. The summed E-state index contributed by atoms with van der Waals surface area (Å²) < 4.78 is 39.4. The highest BCUT2D eigenvalue weighted by Crippen LogP contribution is 2.38. The summed E-state index contributed by atoms with van der Waals surface area (Å²) in [6.45, 7) is 4.31. The molecule has 0 N–H and O–H groups in total. The van der Waals surface area contributed by atoms with E-state index in [1.165, 1.54) is 0 Å². The van der Waals surface area contributed by atoms with Crippen molar-refractivity contribution in [3.63, 3.8) is 0 Å². The Morgan fingerprint density at radius 2 is 1.09 bits per heavy atom. The molecule has 0 spiro atoms. The van der Waals surface area contributed by atoms with Gasteiger partial charge in [-0.2, -0.15) is 0 Å². The molecule has 0 fully saturated rings. The van der Waals surface area contributed by atoms with E-state index in [4.69, 9.17) is 31.0 Å². The van der Waals surface area contributed by atoms with Gasteiger partial charge in [0.2, 0.25) is 0 Å². The van der Waals surface area contributed by atoms with Gasteiger partial charge in [0.1, 0.15) is 0 Å². The molecule has 10 heteroatoms. The lowest BCUT2D eigenvalue weighted by molar-refractivity contribution is 0.112. The van der Waals surface area contributed by atoms with Gasteiger partial charge in [-0.1, -0.05) is 0 Å². The molecule has 0 bridgehead atoms. The van der Waals surface area contributed by atoms with E-state index in [-0.39, 0.29) is 5.16 Å². The van der Waals surface area contributed by atoms with Crippen LogP contribution < -0.4 is 0 Å². The molecular weight excluding hydrogens is 352 g/mol. The third kappa shape index (κ3) is 5.70. The van der Waals surface area contributed by atoms with Gasteiger partial charge < -0.3 is 31.0 Å². The molecule has 0 aliphatic heterocycles. The van der Waals surface area contributed by atoms with Crippen LogP contribution in [0.5, 0.6) is 0 Å². The summed E-state index contributed by atoms with van der Waals surface area (Å²) in [6, 6.07) is 0.725. The topological polar surface area (TPSA) is 64.6 Å². The zero-order chi connectivity index (χ0) is 18.1. The van der Waals surface area contributed by atoms with Crippen LogP contribution in [0.3, 0.4) is 0 Å². The molecule has 0 saturated heterocycles. The number of hydrogen-bond donors (Lipinski definition) is 0. The first-order valence-corrected chi connectivity index (χ1v) is 14.3. The first-order chi connectivity index (χ1) is 10.8. The van der Waals surface area contributed by atoms with Gasteiger partial charge in [0, 0.05) is 61.0 Å². The van der Waals surface area contributed by atoms with Gasteiger partial charge in [-0.25, -0.2) is 0 Å². The van der Waals surface area contributed by atoms with Crippen molar-refractivity contribution in [2.75, 3.05) is 49.8 Å². The van der Waals surface area contributed by atoms with E-state index in [0.29, 0.717) is 0 Å². The molecule has 0 rings (SSSR count). The average molecular weight is 387 g/mol. The minimum atomic E-state index is -2.80. The highest BCUT2D eigenvalue weighted by Gasteiger charge is 2.55. The maximum Gasteiger partial charge on any atom is 0.502 e. The molecule has 0 aromatic rings. The Hall–Kier alpha value is 0.371. The van der Waals surface area contributed by atoms with Crippen LogP contribution in [0.15, 0.2) is 0 Å². The number of hydrogen-bond acceptors (Lipinski definition) is 7. The Kier molecular flexibility index (Phi) is 10.5. The average Bonchev–Trinajstić information content (AvgIpc) is 2.59. The second-order valence-corrected chi connectivity index (χ2v) is 16.9. The van der Waals surface area contributed by atoms with Gasteiger partial charge in [-0.3, -0.25) is 0 Å². The maximum atomic E-state index is 5.82. The van der Waals surface area contributed by atoms with Crippen molar-refractivity contribution in [1.29, 1.82) is 0 Å². The molecule has 0 amide bonds. The molecular formula is C13H34O7Si3. The number of rotatable bonds is 13. The minimum Gasteiger partial charge on any atom is -0.420 e. The molecule has 0 aromatic heterocycles. The summed E-state index contributed by atoms with van der Waals surface area (Å²) >= 11 is 0. The molecule has 0 aliphatic carbocycles. The molecule has 1 unspecified atom stereocenters. The van der Waals surface area contributed by atoms with E-state index in [2.05, 4.69) is 13.1 Å². The second-order valence-electron chi connectivity index (χ2n) is 5.76. The van der Waals surface area contributed by atoms with Crippen molar-refractivity contribution in [3.05, 3.63) is 0 Å². The summed E-state index contributed by atoms with van der Waals surface area (Å²) in [4.78, 5) is 0. The van der Waals surface area contributed by atoms with Gasteiger partial charge in [-0.05, 0) is 25.9 Å². The standard InChI is InChI=1S/C13H34O7Si3/c1-14-21(8,9)13(23(18-5,19-6)20-7)11-10-12-22(15-2,16-3)17-4/h13H,10-12H2,1-9H3. The van der Waals surface area contributed by atoms with Crippen molar-refractivity contribution in [3.8, 4) is 0 Å². The van der Waals surface area contributed by atoms with Gasteiger partial charge in [0.05, 0.1) is 0 Å². The van der Waals surface area contributed by atoms with Crippen LogP contribution in [0, 0.1) is 0 Å². The summed E-state index contributed by atoms with van der Waals surface area (Å²) in [5.74, 6) is 0. The molecule has 0 heterocycles. The smallest absolute Gasteiger partial charge is 0.420 e. The summed E-state index contributed by atoms with van der Waals surface area (Å²) in [5, 5.41) is 0.109. The van der Waals surface area contributed by atoms with Crippen LogP contribution in [0.2, 0.25) is 24.3 Å². The van der Waals surface area contributed by atoms with Crippen molar-refractivity contribution in [2.24, 2.45) is 0 Å². The summed E-state index contributed by atoms with van der Waals surface area (Å²) in [7, 11) is 4.13. The van der Waals surface area contributed by atoms with E-state index in [1.54, 1.807) is 49.8 Å². The Morgan fingerprint density at radius 3 is 1.39 bits per heavy atom. The first-order valence-electron chi connectivity index (χ1n) is 7.63. The quantitative estimate of drug-likeness (QED) is 0.450. The lowest BCUT2D eigenvalue weighted by Crippen LogP contribution is -2.57. The Bertz CT molecular complexity index is 306. The van der Waals surface area contributed by atoms with Crippen LogP contribution in [-0.4, -0.2) is 75.7 Å². The Morgan fingerprint density at radius 1 is 0.652 bits per heavy atom. The fourth-order valence-corrected chi connectivity index (χ4v) is 12.5. The van der Waals surface area contributed by atoms with Crippen LogP contribution in [0.1, 0.15) is 12.8 Å². The van der Waals surface area contributed by atoms with Crippen LogP contribution >= 0.6 is 0 Å². The Labute approximate surface area is 144 Å². The highest BCUT2D eigenvalue weighted by atomic mass is 28.4. The van der Waals surface area contributed by atoms with Gasteiger partial charge >= 0.3 is 17.6 Å². The summed E-state index contributed by atoms with van der Waals surface area (Å²) in [5.41, 5.74) is 0. The zero-order valence-corrected chi connectivity index (χ0v) is 19.1. The lowest BCUT2D eigenvalue weighted by atomic mass is 10.4. The van der Waals surface area contributed by atoms with E-state index in [0.717, 1.165) is 18.9 Å². The van der Waals surface area contributed by atoms with Crippen LogP contribution in [0.4, 0.5) is 0 Å². The van der Waals surface area contributed by atoms with Crippen molar-refractivity contribution in [1.82, 2.24) is 0 Å². The molecule has 7 nitrogen and oxygen atoms in total. The van der Waals surface area contributed by atoms with E-state index < -0.39 is 25.9 Å². The predicted molar refractivity (Wildman–Crippen MR) is 95.8 cm³/mol. The molecule has 0 aliphatic rings. The van der Waals surface area contributed by atoms with Gasteiger partial charge in [0.25, 0.3) is 0 Å². The third-order valence-electron chi connectivity index (χ3n) is 4.55. The van der Waals surface area contributed by atoms with Crippen molar-refractivity contribution >= 4 is 25.9 Å². The van der Waals surface area contributed by atoms with Gasteiger partial charge in [0.15, 0.2) is 8.32 Å².